The zero-order chi connectivity index (χ0) is 13.5. The Kier molecular flexibility index (Phi) is 5.32. The molecular formula is C13H19N3O2. The van der Waals surface area contributed by atoms with Crippen LogP contribution in [0.3, 0.4) is 0 Å². The smallest absolute Gasteiger partial charge is 0.239 e. The number of nitrogens with two attached hydrogens (primary N) is 1. The predicted molar refractivity (Wildman–Crippen MR) is 69.8 cm³/mol. The summed E-state index contributed by atoms with van der Waals surface area (Å²) in [4.78, 5) is 22.5. The van der Waals surface area contributed by atoms with Crippen LogP contribution in [0.2, 0.25) is 0 Å². The Morgan fingerprint density at radius 1 is 1.28 bits per heavy atom. The molecule has 1 aromatic carbocycles. The molecule has 0 saturated carbocycles. The predicted octanol–water partition coefficient (Wildman–Crippen LogP) is 0.247. The molecule has 0 saturated heterocycles. The maximum absolute atomic E-state index is 11.6. The molecule has 1 atom stereocenters. The van der Waals surface area contributed by atoms with E-state index >= 15 is 0 Å². The highest BCUT2D eigenvalue weighted by molar-refractivity contribution is 5.85. The molecule has 0 aliphatic rings. The molecule has 5 nitrogen and oxygen atoms in total. The molecule has 5 heteroatoms. The standard InChI is InChI=1S/C13H19N3O2/c1-9-5-3-4-6-11(9)10(2)16-13(18)8-15-12(17)7-14/h3-6,10H,7-8,14H2,1-2H3,(H,15,17)(H,16,18)/t10-/m1/s1. The van der Waals surface area contributed by atoms with Crippen LogP contribution in [0.4, 0.5) is 0 Å². The molecule has 0 bridgehead atoms. The minimum atomic E-state index is -0.339. The van der Waals surface area contributed by atoms with Gasteiger partial charge in [0.2, 0.25) is 11.8 Å². The number of carbonyl (C=O) groups excluding carboxylic acids is 2. The van der Waals surface area contributed by atoms with E-state index in [1.807, 2.05) is 38.1 Å². The van der Waals surface area contributed by atoms with Gasteiger partial charge >= 0.3 is 0 Å². The minimum Gasteiger partial charge on any atom is -0.348 e. The minimum absolute atomic E-state index is 0.0494. The number of hydrogen-bond acceptors (Lipinski definition) is 3. The van der Waals surface area contributed by atoms with E-state index in [1.165, 1.54) is 0 Å². The van der Waals surface area contributed by atoms with Crippen LogP contribution >= 0.6 is 0 Å². The van der Waals surface area contributed by atoms with Gasteiger partial charge in [0.1, 0.15) is 0 Å². The van der Waals surface area contributed by atoms with Crippen molar-refractivity contribution in [2.24, 2.45) is 5.73 Å². The number of rotatable bonds is 5. The Morgan fingerprint density at radius 3 is 2.56 bits per heavy atom. The molecule has 18 heavy (non-hydrogen) atoms. The van der Waals surface area contributed by atoms with Gasteiger partial charge in [-0.3, -0.25) is 9.59 Å². The summed E-state index contributed by atoms with van der Waals surface area (Å²) in [6, 6.07) is 7.76. The Labute approximate surface area is 107 Å². The molecule has 0 aromatic heterocycles. The second-order valence-corrected chi connectivity index (χ2v) is 4.13. The fraction of sp³-hybridized carbons (Fsp3) is 0.385. The molecule has 0 heterocycles. The fourth-order valence-corrected chi connectivity index (χ4v) is 1.69. The van der Waals surface area contributed by atoms with E-state index in [-0.39, 0.29) is 30.9 Å². The number of hydrogen-bond donors (Lipinski definition) is 3. The lowest BCUT2D eigenvalue weighted by Crippen LogP contribution is -2.40. The summed E-state index contributed by atoms with van der Waals surface area (Å²) in [5.74, 6) is -0.568. The van der Waals surface area contributed by atoms with E-state index in [9.17, 15) is 9.59 Å². The molecule has 2 amide bonds. The van der Waals surface area contributed by atoms with Crippen molar-refractivity contribution in [3.63, 3.8) is 0 Å². The monoisotopic (exact) mass is 249 g/mol. The molecule has 0 unspecified atom stereocenters. The average Bonchev–Trinajstić information content (AvgIpc) is 2.36. The number of benzene rings is 1. The van der Waals surface area contributed by atoms with Crippen LogP contribution in [0.1, 0.15) is 24.1 Å². The molecule has 1 aromatic rings. The van der Waals surface area contributed by atoms with Gasteiger partial charge in [-0.15, -0.1) is 0 Å². The molecule has 0 spiro atoms. The Balaban J connectivity index is 2.50. The molecule has 0 fully saturated rings. The second kappa shape index (κ2) is 6.76. The van der Waals surface area contributed by atoms with Gasteiger partial charge in [-0.05, 0) is 25.0 Å². The van der Waals surface area contributed by atoms with Crippen molar-refractivity contribution < 1.29 is 9.59 Å². The largest absolute Gasteiger partial charge is 0.348 e. The van der Waals surface area contributed by atoms with Gasteiger partial charge in [0.25, 0.3) is 0 Å². The van der Waals surface area contributed by atoms with Crippen molar-refractivity contribution in [1.29, 1.82) is 0 Å². The third-order valence-electron chi connectivity index (χ3n) is 2.66. The Hall–Kier alpha value is -1.88. The zero-order valence-corrected chi connectivity index (χ0v) is 10.7. The van der Waals surface area contributed by atoms with Crippen molar-refractivity contribution in [1.82, 2.24) is 10.6 Å². The molecule has 4 N–H and O–H groups in total. The van der Waals surface area contributed by atoms with E-state index < -0.39 is 0 Å². The van der Waals surface area contributed by atoms with Crippen molar-refractivity contribution in [2.45, 2.75) is 19.9 Å². The van der Waals surface area contributed by atoms with Gasteiger partial charge in [0.15, 0.2) is 0 Å². The summed E-state index contributed by atoms with van der Waals surface area (Å²) < 4.78 is 0. The van der Waals surface area contributed by atoms with E-state index in [0.717, 1.165) is 11.1 Å². The summed E-state index contributed by atoms with van der Waals surface area (Å²) in [6.45, 7) is 3.74. The first-order valence-electron chi connectivity index (χ1n) is 5.86. The highest BCUT2D eigenvalue weighted by Crippen LogP contribution is 2.16. The third kappa shape index (κ3) is 4.18. The summed E-state index contributed by atoms with van der Waals surface area (Å²) in [7, 11) is 0. The number of amides is 2. The van der Waals surface area contributed by atoms with Gasteiger partial charge in [-0.25, -0.2) is 0 Å². The van der Waals surface area contributed by atoms with Crippen molar-refractivity contribution in [3.8, 4) is 0 Å². The molecule has 0 radical (unpaired) electrons. The summed E-state index contributed by atoms with van der Waals surface area (Å²) >= 11 is 0. The lowest BCUT2D eigenvalue weighted by molar-refractivity contribution is -0.125. The van der Waals surface area contributed by atoms with Gasteiger partial charge < -0.3 is 16.4 Å². The lowest BCUT2D eigenvalue weighted by Gasteiger charge is -2.16. The summed E-state index contributed by atoms with van der Waals surface area (Å²) in [5, 5.41) is 5.25. The van der Waals surface area contributed by atoms with Crippen LogP contribution in [-0.4, -0.2) is 24.9 Å². The van der Waals surface area contributed by atoms with E-state index in [4.69, 9.17) is 5.73 Å². The van der Waals surface area contributed by atoms with Crippen LogP contribution in [0.5, 0.6) is 0 Å². The number of carbonyl (C=O) groups is 2. The average molecular weight is 249 g/mol. The second-order valence-electron chi connectivity index (χ2n) is 4.13. The summed E-state index contributed by atoms with van der Waals surface area (Å²) in [5.41, 5.74) is 7.31. The molecule has 0 aliphatic carbocycles. The molecule has 1 rings (SSSR count). The first-order chi connectivity index (χ1) is 8.54. The van der Waals surface area contributed by atoms with Crippen LogP contribution in [0.25, 0.3) is 0 Å². The van der Waals surface area contributed by atoms with Crippen LogP contribution in [0.15, 0.2) is 24.3 Å². The lowest BCUT2D eigenvalue weighted by atomic mass is 10.0. The van der Waals surface area contributed by atoms with Crippen molar-refractivity contribution in [2.75, 3.05) is 13.1 Å². The van der Waals surface area contributed by atoms with Crippen LogP contribution in [-0.2, 0) is 9.59 Å². The topological polar surface area (TPSA) is 84.2 Å². The molecular weight excluding hydrogens is 230 g/mol. The maximum Gasteiger partial charge on any atom is 0.239 e. The Morgan fingerprint density at radius 2 is 1.94 bits per heavy atom. The number of nitrogens with one attached hydrogen (secondary N) is 2. The fourth-order valence-electron chi connectivity index (χ4n) is 1.69. The van der Waals surface area contributed by atoms with Crippen molar-refractivity contribution in [3.05, 3.63) is 35.4 Å². The van der Waals surface area contributed by atoms with E-state index in [1.54, 1.807) is 0 Å². The van der Waals surface area contributed by atoms with E-state index in [2.05, 4.69) is 10.6 Å². The first-order valence-corrected chi connectivity index (χ1v) is 5.86. The highest BCUT2D eigenvalue weighted by Gasteiger charge is 2.11. The van der Waals surface area contributed by atoms with Gasteiger partial charge in [0, 0.05) is 0 Å². The highest BCUT2D eigenvalue weighted by atomic mass is 16.2. The molecule has 98 valence electrons. The van der Waals surface area contributed by atoms with Gasteiger partial charge in [0.05, 0.1) is 19.1 Å². The number of aryl methyl sites for hydroxylation is 1. The van der Waals surface area contributed by atoms with Crippen LogP contribution in [0, 0.1) is 6.92 Å². The maximum atomic E-state index is 11.6. The zero-order valence-electron chi connectivity index (χ0n) is 10.7. The third-order valence-corrected chi connectivity index (χ3v) is 2.66. The van der Waals surface area contributed by atoms with Crippen LogP contribution < -0.4 is 16.4 Å². The Bertz CT molecular complexity index is 432. The summed E-state index contributed by atoms with van der Waals surface area (Å²) in [6.07, 6.45) is 0. The quantitative estimate of drug-likeness (QED) is 0.699. The van der Waals surface area contributed by atoms with Gasteiger partial charge in [-0.2, -0.15) is 0 Å². The van der Waals surface area contributed by atoms with Crippen molar-refractivity contribution >= 4 is 11.8 Å². The molecule has 0 aliphatic heterocycles. The SMILES string of the molecule is Cc1ccccc1[C@@H](C)NC(=O)CNC(=O)CN. The van der Waals surface area contributed by atoms with E-state index in [0.29, 0.717) is 0 Å². The van der Waals surface area contributed by atoms with Gasteiger partial charge in [-0.1, -0.05) is 24.3 Å². The normalized spacial score (nSPS) is 11.7. The first kappa shape index (κ1) is 14.2.